The molecule has 9 heteroatoms. The van der Waals surface area contributed by atoms with Gasteiger partial charge >= 0.3 is 0 Å². The van der Waals surface area contributed by atoms with Crippen molar-refractivity contribution in [2.45, 2.75) is 19.4 Å². The van der Waals surface area contributed by atoms with Crippen molar-refractivity contribution >= 4 is 21.7 Å². The van der Waals surface area contributed by atoms with Crippen LogP contribution in [0, 0.1) is 11.7 Å². The maximum Gasteiger partial charge on any atom is 0.228 e. The van der Waals surface area contributed by atoms with Crippen LogP contribution < -0.4 is 5.32 Å². The number of carbonyl (C=O) groups excluding carboxylic acids is 1. The highest BCUT2D eigenvalue weighted by molar-refractivity contribution is 7.88. The second kappa shape index (κ2) is 7.55. The number of rotatable bonds is 5. The second-order valence-corrected chi connectivity index (χ2v) is 8.44. The number of nitrogens with zero attached hydrogens (tertiary/aromatic N) is 3. The van der Waals surface area contributed by atoms with Gasteiger partial charge in [-0.2, -0.15) is 5.10 Å². The maximum atomic E-state index is 13.2. The van der Waals surface area contributed by atoms with E-state index < -0.39 is 10.0 Å². The van der Waals surface area contributed by atoms with Crippen LogP contribution in [0.2, 0.25) is 0 Å². The number of carbonyl (C=O) groups is 1. The van der Waals surface area contributed by atoms with E-state index in [0.717, 1.165) is 5.56 Å². The van der Waals surface area contributed by atoms with Gasteiger partial charge in [0.2, 0.25) is 15.9 Å². The first-order chi connectivity index (χ1) is 12.3. The molecule has 2 heterocycles. The summed E-state index contributed by atoms with van der Waals surface area (Å²) in [6, 6.07) is 7.95. The van der Waals surface area contributed by atoms with Crippen LogP contribution in [0.25, 0.3) is 0 Å². The monoisotopic (exact) mass is 380 g/mol. The number of hydrogen-bond donors (Lipinski definition) is 1. The van der Waals surface area contributed by atoms with Crippen LogP contribution in [0.1, 0.15) is 18.4 Å². The topological polar surface area (TPSA) is 84.3 Å². The smallest absolute Gasteiger partial charge is 0.228 e. The number of sulfonamides is 1. The molecule has 0 radical (unpaired) electrons. The van der Waals surface area contributed by atoms with Gasteiger partial charge in [-0.1, -0.05) is 12.1 Å². The summed E-state index contributed by atoms with van der Waals surface area (Å²) in [5.74, 6) is -0.268. The molecular weight excluding hydrogens is 359 g/mol. The van der Waals surface area contributed by atoms with Crippen molar-refractivity contribution in [2.24, 2.45) is 5.92 Å². The van der Waals surface area contributed by atoms with Crippen LogP contribution in [0.4, 0.5) is 10.2 Å². The molecule has 0 atom stereocenters. The van der Waals surface area contributed by atoms with Gasteiger partial charge in [-0.3, -0.25) is 9.48 Å². The first-order valence-electron chi connectivity index (χ1n) is 8.35. The molecule has 0 bridgehead atoms. The average Bonchev–Trinajstić information content (AvgIpc) is 3.01. The highest BCUT2D eigenvalue weighted by Gasteiger charge is 2.29. The molecule has 0 unspecified atom stereocenters. The summed E-state index contributed by atoms with van der Waals surface area (Å²) in [4.78, 5) is 12.4. The van der Waals surface area contributed by atoms with E-state index in [1.165, 1.54) is 22.7 Å². The van der Waals surface area contributed by atoms with Crippen molar-refractivity contribution in [1.82, 2.24) is 14.1 Å². The van der Waals surface area contributed by atoms with Crippen molar-refractivity contribution in [3.05, 3.63) is 47.9 Å². The third kappa shape index (κ3) is 4.67. The largest absolute Gasteiger partial charge is 0.309 e. The van der Waals surface area contributed by atoms with Gasteiger partial charge in [0, 0.05) is 31.3 Å². The van der Waals surface area contributed by atoms with Crippen molar-refractivity contribution in [1.29, 1.82) is 0 Å². The highest BCUT2D eigenvalue weighted by atomic mass is 32.2. The summed E-state index contributed by atoms with van der Waals surface area (Å²) < 4.78 is 39.3. The Hall–Kier alpha value is -2.26. The van der Waals surface area contributed by atoms with Gasteiger partial charge in [0.1, 0.15) is 5.82 Å². The standard InChI is InChI=1S/C17H21FN4O3S/c1-26(24,25)22-9-5-14(6-10-22)17(23)19-16-7-8-21(20-16)12-13-3-2-4-15(18)11-13/h2-4,7-8,11,14H,5-6,9-10,12H2,1H3,(H,19,20,23). The van der Waals surface area contributed by atoms with Crippen LogP contribution in [0.5, 0.6) is 0 Å². The van der Waals surface area contributed by atoms with Gasteiger partial charge in [-0.05, 0) is 30.5 Å². The lowest BCUT2D eigenvalue weighted by molar-refractivity contribution is -0.120. The fraction of sp³-hybridized carbons (Fsp3) is 0.412. The molecule has 1 saturated heterocycles. The molecule has 140 valence electrons. The highest BCUT2D eigenvalue weighted by Crippen LogP contribution is 2.20. The number of halogens is 1. The zero-order valence-corrected chi connectivity index (χ0v) is 15.2. The Balaban J connectivity index is 1.55. The molecule has 0 saturated carbocycles. The fourth-order valence-corrected chi connectivity index (χ4v) is 3.89. The molecule has 7 nitrogen and oxygen atoms in total. The first kappa shape index (κ1) is 18.5. The summed E-state index contributed by atoms with van der Waals surface area (Å²) in [5, 5.41) is 7.05. The zero-order chi connectivity index (χ0) is 18.7. The summed E-state index contributed by atoms with van der Waals surface area (Å²) in [7, 11) is -3.20. The number of amides is 1. The summed E-state index contributed by atoms with van der Waals surface area (Å²) in [6.45, 7) is 1.11. The quantitative estimate of drug-likeness (QED) is 0.855. The predicted octanol–water partition coefficient (Wildman–Crippen LogP) is 1.68. The lowest BCUT2D eigenvalue weighted by Gasteiger charge is -2.29. The first-order valence-corrected chi connectivity index (χ1v) is 10.2. The van der Waals surface area contributed by atoms with Crippen LogP contribution >= 0.6 is 0 Å². The van der Waals surface area contributed by atoms with Crippen LogP contribution in [0.15, 0.2) is 36.5 Å². The maximum absolute atomic E-state index is 13.2. The lowest BCUT2D eigenvalue weighted by atomic mass is 9.97. The number of hydrogen-bond acceptors (Lipinski definition) is 4. The Bertz CT molecular complexity index is 889. The number of benzene rings is 1. The molecule has 1 aliphatic rings. The van der Waals surface area contributed by atoms with Gasteiger partial charge in [0.15, 0.2) is 5.82 Å². The normalized spacial score (nSPS) is 16.5. The molecular formula is C17H21FN4O3S. The molecule has 1 fully saturated rings. The van der Waals surface area contributed by atoms with E-state index in [9.17, 15) is 17.6 Å². The number of piperidine rings is 1. The van der Waals surface area contributed by atoms with E-state index in [-0.39, 0.29) is 17.6 Å². The van der Waals surface area contributed by atoms with E-state index in [2.05, 4.69) is 10.4 Å². The minimum atomic E-state index is -3.20. The molecule has 0 spiro atoms. The van der Waals surface area contributed by atoms with Gasteiger partial charge in [-0.25, -0.2) is 17.1 Å². The van der Waals surface area contributed by atoms with Crippen molar-refractivity contribution in [2.75, 3.05) is 24.7 Å². The van der Waals surface area contributed by atoms with Gasteiger partial charge in [0.25, 0.3) is 0 Å². The molecule has 1 aliphatic heterocycles. The van der Waals surface area contributed by atoms with Crippen LogP contribution in [-0.2, 0) is 21.4 Å². The van der Waals surface area contributed by atoms with E-state index in [0.29, 0.717) is 38.3 Å². The average molecular weight is 380 g/mol. The van der Waals surface area contributed by atoms with E-state index in [4.69, 9.17) is 0 Å². The summed E-state index contributed by atoms with van der Waals surface area (Å²) in [6.07, 6.45) is 3.87. The third-order valence-corrected chi connectivity index (χ3v) is 5.72. The molecule has 1 aromatic heterocycles. The molecule has 1 aromatic carbocycles. The minimum Gasteiger partial charge on any atom is -0.309 e. The molecule has 2 aromatic rings. The molecule has 1 N–H and O–H groups in total. The minimum absolute atomic E-state index is 0.158. The van der Waals surface area contributed by atoms with Crippen LogP contribution in [0.3, 0.4) is 0 Å². The van der Waals surface area contributed by atoms with Gasteiger partial charge in [-0.15, -0.1) is 0 Å². The van der Waals surface area contributed by atoms with Crippen molar-refractivity contribution in [3.8, 4) is 0 Å². The Labute approximate surface area is 151 Å². The Morgan fingerprint density at radius 1 is 1.31 bits per heavy atom. The van der Waals surface area contributed by atoms with Crippen LogP contribution in [-0.4, -0.2) is 47.8 Å². The lowest BCUT2D eigenvalue weighted by Crippen LogP contribution is -2.40. The Morgan fingerprint density at radius 3 is 2.69 bits per heavy atom. The summed E-state index contributed by atoms with van der Waals surface area (Å²) >= 11 is 0. The van der Waals surface area contributed by atoms with E-state index in [1.807, 2.05) is 0 Å². The second-order valence-electron chi connectivity index (χ2n) is 6.45. The molecule has 3 rings (SSSR count). The predicted molar refractivity (Wildman–Crippen MR) is 95.5 cm³/mol. The summed E-state index contributed by atoms with van der Waals surface area (Å²) in [5.41, 5.74) is 0.777. The molecule has 0 aliphatic carbocycles. The van der Waals surface area contributed by atoms with E-state index in [1.54, 1.807) is 29.1 Å². The number of anilines is 1. The van der Waals surface area contributed by atoms with Crippen molar-refractivity contribution in [3.63, 3.8) is 0 Å². The SMILES string of the molecule is CS(=O)(=O)N1CCC(C(=O)Nc2ccn(Cc3cccc(F)c3)n2)CC1. The fourth-order valence-electron chi connectivity index (χ4n) is 3.02. The zero-order valence-electron chi connectivity index (χ0n) is 14.4. The molecule has 26 heavy (non-hydrogen) atoms. The molecule has 1 amide bonds. The van der Waals surface area contributed by atoms with Gasteiger partial charge in [0.05, 0.1) is 12.8 Å². The number of nitrogens with one attached hydrogen (secondary N) is 1. The number of aromatic nitrogens is 2. The van der Waals surface area contributed by atoms with Gasteiger partial charge < -0.3 is 5.32 Å². The Morgan fingerprint density at radius 2 is 2.04 bits per heavy atom. The Kier molecular flexibility index (Phi) is 5.38. The van der Waals surface area contributed by atoms with Crippen molar-refractivity contribution < 1.29 is 17.6 Å². The van der Waals surface area contributed by atoms with E-state index >= 15 is 0 Å². The third-order valence-electron chi connectivity index (χ3n) is 4.42.